The summed E-state index contributed by atoms with van der Waals surface area (Å²) in [6.45, 7) is 0. The van der Waals surface area contributed by atoms with Gasteiger partial charge in [-0.25, -0.2) is 9.36 Å². The van der Waals surface area contributed by atoms with Crippen LogP contribution < -0.4 is 5.56 Å². The monoisotopic (exact) mass is 478 g/mol. The van der Waals surface area contributed by atoms with Crippen LogP contribution in [-0.2, 0) is 6.42 Å². The molecule has 0 saturated heterocycles. The maximum atomic E-state index is 13.4. The van der Waals surface area contributed by atoms with E-state index >= 15 is 0 Å². The number of aromatic hydroxyl groups is 1. The van der Waals surface area contributed by atoms with E-state index in [-0.39, 0.29) is 23.4 Å². The molecule has 0 radical (unpaired) electrons. The molecule has 1 aromatic heterocycles. The van der Waals surface area contributed by atoms with Crippen LogP contribution >= 0.6 is 46.4 Å². The minimum atomic E-state index is -0.379. The SMILES string of the molecule is O=c1c(Cc2ccc(Cl)cc2Cl)c(O)n(-c2ccc(Cl)cc2)n1-c1ccc(Cl)cc1. The zero-order chi connectivity index (χ0) is 21.4. The lowest BCUT2D eigenvalue weighted by Crippen LogP contribution is -2.21. The third-order valence-corrected chi connectivity index (χ3v) is 5.74. The predicted octanol–water partition coefficient (Wildman–Crippen LogP) is 6.54. The molecule has 0 saturated carbocycles. The zero-order valence-electron chi connectivity index (χ0n) is 15.3. The second-order valence-electron chi connectivity index (χ2n) is 6.60. The second-order valence-corrected chi connectivity index (χ2v) is 8.31. The third kappa shape index (κ3) is 3.96. The molecule has 0 spiro atoms. The molecule has 152 valence electrons. The Morgan fingerprint density at radius 1 is 0.700 bits per heavy atom. The summed E-state index contributed by atoms with van der Waals surface area (Å²) in [5.41, 5.74) is 1.60. The van der Waals surface area contributed by atoms with Crippen LogP contribution in [0.3, 0.4) is 0 Å². The highest BCUT2D eigenvalue weighted by molar-refractivity contribution is 6.35. The van der Waals surface area contributed by atoms with E-state index in [9.17, 15) is 9.90 Å². The Morgan fingerprint density at radius 2 is 1.20 bits per heavy atom. The van der Waals surface area contributed by atoms with Crippen LogP contribution in [0.5, 0.6) is 5.88 Å². The molecule has 4 rings (SSSR count). The molecule has 1 N–H and O–H groups in total. The van der Waals surface area contributed by atoms with Crippen LogP contribution in [0.2, 0.25) is 20.1 Å². The maximum absolute atomic E-state index is 13.4. The Balaban J connectivity index is 1.94. The Bertz CT molecular complexity index is 1280. The number of hydrogen-bond donors (Lipinski definition) is 1. The fourth-order valence-electron chi connectivity index (χ4n) is 3.18. The van der Waals surface area contributed by atoms with Crippen LogP contribution in [0.15, 0.2) is 71.5 Å². The Hall–Kier alpha value is -2.37. The maximum Gasteiger partial charge on any atom is 0.279 e. The first-order chi connectivity index (χ1) is 14.3. The van der Waals surface area contributed by atoms with Crippen molar-refractivity contribution in [3.63, 3.8) is 0 Å². The summed E-state index contributed by atoms with van der Waals surface area (Å²) in [6, 6.07) is 18.6. The van der Waals surface area contributed by atoms with Gasteiger partial charge in [0, 0.05) is 26.5 Å². The largest absolute Gasteiger partial charge is 0.493 e. The first-order valence-electron chi connectivity index (χ1n) is 8.87. The third-order valence-electron chi connectivity index (χ3n) is 4.65. The fourth-order valence-corrected chi connectivity index (χ4v) is 3.91. The van der Waals surface area contributed by atoms with Gasteiger partial charge in [-0.05, 0) is 66.2 Å². The van der Waals surface area contributed by atoms with Crippen molar-refractivity contribution in [2.45, 2.75) is 6.42 Å². The first-order valence-corrected chi connectivity index (χ1v) is 10.4. The van der Waals surface area contributed by atoms with Gasteiger partial charge in [-0.3, -0.25) is 4.79 Å². The van der Waals surface area contributed by atoms with Gasteiger partial charge in [0.2, 0.25) is 5.88 Å². The van der Waals surface area contributed by atoms with Crippen LogP contribution in [0.4, 0.5) is 0 Å². The first kappa shape index (κ1) is 20.9. The Kier molecular flexibility index (Phi) is 5.85. The van der Waals surface area contributed by atoms with Gasteiger partial charge in [0.25, 0.3) is 5.56 Å². The highest BCUT2D eigenvalue weighted by Gasteiger charge is 2.23. The molecule has 4 aromatic rings. The summed E-state index contributed by atoms with van der Waals surface area (Å²) in [5, 5.41) is 13.0. The molecule has 1 heterocycles. The van der Waals surface area contributed by atoms with Crippen LogP contribution in [0.1, 0.15) is 11.1 Å². The molecular formula is C22H14Cl4N2O2. The molecular weight excluding hydrogens is 466 g/mol. The lowest BCUT2D eigenvalue weighted by atomic mass is 10.1. The summed E-state index contributed by atoms with van der Waals surface area (Å²) in [6.07, 6.45) is 0.134. The van der Waals surface area contributed by atoms with E-state index in [4.69, 9.17) is 46.4 Å². The molecule has 0 fully saturated rings. The van der Waals surface area contributed by atoms with E-state index in [1.165, 1.54) is 9.36 Å². The van der Waals surface area contributed by atoms with Crippen LogP contribution in [0, 0.1) is 0 Å². The summed E-state index contributed by atoms with van der Waals surface area (Å²) in [4.78, 5) is 13.4. The van der Waals surface area contributed by atoms with Crippen molar-refractivity contribution in [1.29, 1.82) is 0 Å². The summed E-state index contributed by atoms with van der Waals surface area (Å²) in [7, 11) is 0. The molecule has 30 heavy (non-hydrogen) atoms. The Labute approximate surface area is 192 Å². The number of halogens is 4. The lowest BCUT2D eigenvalue weighted by molar-refractivity contribution is 0.421. The average molecular weight is 480 g/mol. The Morgan fingerprint density at radius 3 is 1.73 bits per heavy atom. The topological polar surface area (TPSA) is 47.2 Å². The molecule has 0 aliphatic heterocycles. The van der Waals surface area contributed by atoms with Gasteiger partial charge >= 0.3 is 0 Å². The van der Waals surface area contributed by atoms with E-state index < -0.39 is 0 Å². The van der Waals surface area contributed by atoms with Gasteiger partial charge in [0.1, 0.15) is 0 Å². The number of benzene rings is 3. The molecule has 0 aliphatic carbocycles. The normalized spacial score (nSPS) is 11.1. The summed E-state index contributed by atoms with van der Waals surface area (Å²) < 4.78 is 2.81. The molecule has 0 bridgehead atoms. The fraction of sp³-hybridized carbons (Fsp3) is 0.0455. The van der Waals surface area contributed by atoms with Crippen molar-refractivity contribution in [2.24, 2.45) is 0 Å². The van der Waals surface area contributed by atoms with Crippen LogP contribution in [0.25, 0.3) is 11.4 Å². The van der Waals surface area contributed by atoms with Crippen molar-refractivity contribution in [3.05, 3.63) is 108 Å². The smallest absolute Gasteiger partial charge is 0.279 e. The highest BCUT2D eigenvalue weighted by atomic mass is 35.5. The summed E-state index contributed by atoms with van der Waals surface area (Å²) >= 11 is 24.3. The quantitative estimate of drug-likeness (QED) is 0.361. The van der Waals surface area contributed by atoms with Crippen molar-refractivity contribution in [3.8, 4) is 17.3 Å². The van der Waals surface area contributed by atoms with Gasteiger partial charge in [0.05, 0.1) is 16.9 Å². The summed E-state index contributed by atoms with van der Waals surface area (Å²) in [5.74, 6) is -0.191. The van der Waals surface area contributed by atoms with Gasteiger partial charge in [0.15, 0.2) is 0 Å². The van der Waals surface area contributed by atoms with E-state index in [2.05, 4.69) is 0 Å². The van der Waals surface area contributed by atoms with Gasteiger partial charge in [-0.15, -0.1) is 0 Å². The molecule has 3 aromatic carbocycles. The van der Waals surface area contributed by atoms with E-state index in [0.29, 0.717) is 37.0 Å². The minimum Gasteiger partial charge on any atom is -0.493 e. The second kappa shape index (κ2) is 8.40. The van der Waals surface area contributed by atoms with Gasteiger partial charge < -0.3 is 5.11 Å². The van der Waals surface area contributed by atoms with Crippen molar-refractivity contribution < 1.29 is 5.11 Å². The van der Waals surface area contributed by atoms with Crippen molar-refractivity contribution in [2.75, 3.05) is 0 Å². The van der Waals surface area contributed by atoms with Crippen molar-refractivity contribution >= 4 is 46.4 Å². The van der Waals surface area contributed by atoms with Gasteiger partial charge in [-0.1, -0.05) is 52.5 Å². The molecule has 0 aliphatic rings. The van der Waals surface area contributed by atoms with Crippen molar-refractivity contribution in [1.82, 2.24) is 9.36 Å². The molecule has 0 amide bonds. The van der Waals surface area contributed by atoms with E-state index in [1.54, 1.807) is 66.7 Å². The number of aromatic nitrogens is 2. The molecule has 0 atom stereocenters. The number of rotatable bonds is 4. The molecule has 8 heteroatoms. The van der Waals surface area contributed by atoms with E-state index in [0.717, 1.165) is 0 Å². The standard InChI is InChI=1S/C22H14Cl4N2O2/c23-14-3-7-17(8-4-14)27-21(29)19(11-13-1-2-16(25)12-20(13)26)22(30)28(27)18-9-5-15(24)6-10-18/h1-10,12,29H,11H2. The average Bonchev–Trinajstić information content (AvgIpc) is 2.96. The van der Waals surface area contributed by atoms with Crippen LogP contribution in [-0.4, -0.2) is 14.5 Å². The van der Waals surface area contributed by atoms with Gasteiger partial charge in [-0.2, -0.15) is 0 Å². The number of hydrogen-bond acceptors (Lipinski definition) is 2. The molecule has 0 unspecified atom stereocenters. The zero-order valence-corrected chi connectivity index (χ0v) is 18.3. The molecule has 4 nitrogen and oxygen atoms in total. The highest BCUT2D eigenvalue weighted by Crippen LogP contribution is 2.29. The predicted molar refractivity (Wildman–Crippen MR) is 122 cm³/mol. The number of nitrogens with zero attached hydrogens (tertiary/aromatic N) is 2. The minimum absolute atomic E-state index is 0.134. The lowest BCUT2D eigenvalue weighted by Gasteiger charge is -2.13. The van der Waals surface area contributed by atoms with E-state index in [1.807, 2.05) is 0 Å².